The number of rotatable bonds is 11. The summed E-state index contributed by atoms with van der Waals surface area (Å²) < 4.78 is 11.6. The molecule has 3 aromatic rings. The van der Waals surface area contributed by atoms with Crippen molar-refractivity contribution in [1.82, 2.24) is 14.9 Å². The summed E-state index contributed by atoms with van der Waals surface area (Å²) in [7, 11) is 1.87. The number of anilines is 2. The van der Waals surface area contributed by atoms with Crippen LogP contribution in [0.4, 0.5) is 11.5 Å². The molecule has 5 rings (SSSR count). The van der Waals surface area contributed by atoms with Crippen LogP contribution in [0.1, 0.15) is 44.2 Å². The Morgan fingerprint density at radius 1 is 1.16 bits per heavy atom. The molecule has 1 aliphatic heterocycles. The predicted octanol–water partition coefficient (Wildman–Crippen LogP) is 5.20. The molecule has 2 N–H and O–H groups in total. The van der Waals surface area contributed by atoms with Gasteiger partial charge in [0.15, 0.2) is 0 Å². The Morgan fingerprint density at radius 2 is 1.95 bits per heavy atom. The van der Waals surface area contributed by atoms with Crippen molar-refractivity contribution >= 4 is 28.3 Å². The van der Waals surface area contributed by atoms with Crippen molar-refractivity contribution in [3.05, 3.63) is 66.5 Å². The Hall–Kier alpha value is -3.65. The van der Waals surface area contributed by atoms with Crippen molar-refractivity contribution in [3.8, 4) is 5.75 Å². The number of benzene rings is 2. The van der Waals surface area contributed by atoms with Crippen molar-refractivity contribution in [2.75, 3.05) is 44.0 Å². The molecule has 2 aromatic carbocycles. The van der Waals surface area contributed by atoms with E-state index >= 15 is 0 Å². The van der Waals surface area contributed by atoms with Gasteiger partial charge in [-0.1, -0.05) is 36.4 Å². The normalized spacial score (nSPS) is 16.9. The van der Waals surface area contributed by atoms with Crippen molar-refractivity contribution < 1.29 is 14.3 Å². The smallest absolute Gasteiger partial charge is 0.246 e. The summed E-state index contributed by atoms with van der Waals surface area (Å²) in [6.45, 7) is 4.74. The molecule has 38 heavy (non-hydrogen) atoms. The number of aromatic nitrogens is 2. The standard InChI is InChI=1S/C30H37N5O3/c1-21(23-7-4-3-5-8-23)34-30-25-17-27(28(38-19-22-10-11-22)18-26(25)32-20-33-30)31-14-6-9-29(36)35(2)24-12-15-37-16-13-24/h3-9,17-18,20-22,24,31H,10-16,19H2,1-2H3,(H,32,33,34)/t21-/m1/s1. The molecule has 1 aliphatic carbocycles. The lowest BCUT2D eigenvalue weighted by Crippen LogP contribution is -2.39. The van der Waals surface area contributed by atoms with Gasteiger partial charge in [0.1, 0.15) is 17.9 Å². The second kappa shape index (κ2) is 12.3. The maximum Gasteiger partial charge on any atom is 0.246 e. The second-order valence-corrected chi connectivity index (χ2v) is 10.2. The van der Waals surface area contributed by atoms with E-state index < -0.39 is 0 Å². The molecule has 2 aliphatic rings. The van der Waals surface area contributed by atoms with Gasteiger partial charge in [-0.15, -0.1) is 0 Å². The zero-order chi connectivity index (χ0) is 26.3. The van der Waals surface area contributed by atoms with Crippen LogP contribution in [0.3, 0.4) is 0 Å². The van der Waals surface area contributed by atoms with Gasteiger partial charge in [0.2, 0.25) is 5.91 Å². The van der Waals surface area contributed by atoms with Crippen molar-refractivity contribution in [2.24, 2.45) is 5.92 Å². The van der Waals surface area contributed by atoms with Crippen LogP contribution in [0.15, 0.2) is 60.9 Å². The van der Waals surface area contributed by atoms with Crippen molar-refractivity contribution in [3.63, 3.8) is 0 Å². The molecule has 1 saturated heterocycles. The summed E-state index contributed by atoms with van der Waals surface area (Å²) in [5, 5.41) is 7.90. The number of nitrogens with one attached hydrogen (secondary N) is 2. The molecule has 2 fully saturated rings. The monoisotopic (exact) mass is 515 g/mol. The van der Waals surface area contributed by atoms with Gasteiger partial charge in [0, 0.05) is 56.4 Å². The molecule has 8 heteroatoms. The lowest BCUT2D eigenvalue weighted by Gasteiger charge is -2.30. The Labute approximate surface area is 224 Å². The molecule has 1 saturated carbocycles. The van der Waals surface area contributed by atoms with E-state index in [2.05, 4.69) is 39.7 Å². The summed E-state index contributed by atoms with van der Waals surface area (Å²) in [6.07, 6.45) is 9.30. The van der Waals surface area contributed by atoms with Gasteiger partial charge in [0.05, 0.1) is 17.8 Å². The Morgan fingerprint density at radius 3 is 2.71 bits per heavy atom. The van der Waals surface area contributed by atoms with Gasteiger partial charge in [-0.3, -0.25) is 4.79 Å². The van der Waals surface area contributed by atoms with E-state index in [0.29, 0.717) is 32.3 Å². The average Bonchev–Trinajstić information content (AvgIpc) is 3.79. The average molecular weight is 516 g/mol. The van der Waals surface area contributed by atoms with Crippen molar-refractivity contribution in [1.29, 1.82) is 0 Å². The van der Waals surface area contributed by atoms with Gasteiger partial charge >= 0.3 is 0 Å². The molecule has 1 atom stereocenters. The highest BCUT2D eigenvalue weighted by molar-refractivity contribution is 5.94. The first-order valence-corrected chi connectivity index (χ1v) is 13.6. The van der Waals surface area contributed by atoms with E-state index in [9.17, 15) is 4.79 Å². The van der Waals surface area contributed by atoms with Gasteiger partial charge in [-0.25, -0.2) is 9.97 Å². The number of nitrogens with zero attached hydrogens (tertiary/aromatic N) is 3. The molecule has 2 heterocycles. The van der Waals surface area contributed by atoms with Crippen LogP contribution in [0.2, 0.25) is 0 Å². The molecule has 1 amide bonds. The summed E-state index contributed by atoms with van der Waals surface area (Å²) in [6, 6.07) is 14.6. The van der Waals surface area contributed by atoms with Crippen LogP contribution in [-0.2, 0) is 9.53 Å². The van der Waals surface area contributed by atoms with E-state index in [1.165, 1.54) is 18.4 Å². The molecular formula is C30H37N5O3. The molecule has 0 spiro atoms. The predicted molar refractivity (Wildman–Crippen MR) is 150 cm³/mol. The number of amides is 1. The number of fused-ring (bicyclic) bond motifs is 1. The van der Waals surface area contributed by atoms with Crippen LogP contribution >= 0.6 is 0 Å². The molecule has 0 unspecified atom stereocenters. The Balaban J connectivity index is 1.31. The Bertz CT molecular complexity index is 1260. The third-order valence-corrected chi connectivity index (χ3v) is 7.32. The number of ether oxygens (including phenoxy) is 2. The lowest BCUT2D eigenvalue weighted by atomic mass is 10.1. The fourth-order valence-electron chi connectivity index (χ4n) is 4.68. The number of carbonyl (C=O) groups is 1. The van der Waals surface area contributed by atoms with Crippen LogP contribution in [0, 0.1) is 5.92 Å². The number of likely N-dealkylation sites (N-methyl/N-ethyl adjacent to an activating group) is 1. The molecular weight excluding hydrogens is 478 g/mol. The van der Waals surface area contributed by atoms with Gasteiger partial charge in [-0.05, 0) is 50.2 Å². The molecule has 0 bridgehead atoms. The van der Waals surface area contributed by atoms with Crippen LogP contribution < -0.4 is 15.4 Å². The topological polar surface area (TPSA) is 88.6 Å². The minimum Gasteiger partial charge on any atom is -0.491 e. The largest absolute Gasteiger partial charge is 0.491 e. The first-order valence-electron chi connectivity index (χ1n) is 13.6. The number of carbonyl (C=O) groups excluding carboxylic acids is 1. The maximum absolute atomic E-state index is 12.7. The first kappa shape index (κ1) is 26.0. The van der Waals surface area contributed by atoms with E-state index in [1.807, 2.05) is 48.4 Å². The first-order chi connectivity index (χ1) is 18.6. The van der Waals surface area contributed by atoms with Gasteiger partial charge in [-0.2, -0.15) is 0 Å². The summed E-state index contributed by atoms with van der Waals surface area (Å²) in [4.78, 5) is 23.6. The highest BCUT2D eigenvalue weighted by atomic mass is 16.5. The number of hydrogen-bond donors (Lipinski definition) is 2. The van der Waals surface area contributed by atoms with Crippen LogP contribution in [0.5, 0.6) is 5.75 Å². The van der Waals surface area contributed by atoms with Crippen LogP contribution in [0.25, 0.3) is 10.9 Å². The third-order valence-electron chi connectivity index (χ3n) is 7.32. The SMILES string of the molecule is C[C@@H](Nc1ncnc2cc(OCC3CC3)c(NCC=CC(=O)N(C)C3CCOCC3)cc12)c1ccccc1. The lowest BCUT2D eigenvalue weighted by molar-refractivity contribution is -0.128. The maximum atomic E-state index is 12.7. The highest BCUT2D eigenvalue weighted by Crippen LogP contribution is 2.36. The molecule has 0 radical (unpaired) electrons. The minimum atomic E-state index is 0.0113. The fourth-order valence-corrected chi connectivity index (χ4v) is 4.68. The zero-order valence-corrected chi connectivity index (χ0v) is 22.2. The fraction of sp³-hybridized carbons (Fsp3) is 0.433. The van der Waals surface area contributed by atoms with E-state index in [-0.39, 0.29) is 18.0 Å². The van der Waals surface area contributed by atoms with Crippen LogP contribution in [-0.4, -0.2) is 60.2 Å². The van der Waals surface area contributed by atoms with E-state index in [4.69, 9.17) is 9.47 Å². The highest BCUT2D eigenvalue weighted by Gasteiger charge is 2.23. The zero-order valence-electron chi connectivity index (χ0n) is 22.2. The quantitative estimate of drug-likeness (QED) is 0.340. The summed E-state index contributed by atoms with van der Waals surface area (Å²) in [5.41, 5.74) is 2.86. The number of hydrogen-bond acceptors (Lipinski definition) is 7. The van der Waals surface area contributed by atoms with E-state index in [0.717, 1.165) is 41.0 Å². The molecule has 1 aromatic heterocycles. The second-order valence-electron chi connectivity index (χ2n) is 10.2. The summed E-state index contributed by atoms with van der Waals surface area (Å²) >= 11 is 0. The third kappa shape index (κ3) is 6.61. The van der Waals surface area contributed by atoms with E-state index in [1.54, 1.807) is 12.4 Å². The minimum absolute atomic E-state index is 0.0113. The summed E-state index contributed by atoms with van der Waals surface area (Å²) in [5.74, 6) is 2.18. The Kier molecular flexibility index (Phi) is 8.38. The van der Waals surface area contributed by atoms with Gasteiger partial charge in [0.25, 0.3) is 0 Å². The van der Waals surface area contributed by atoms with Gasteiger partial charge < -0.3 is 25.0 Å². The molecule has 8 nitrogen and oxygen atoms in total. The van der Waals surface area contributed by atoms with Crippen molar-refractivity contribution in [2.45, 2.75) is 44.7 Å². The molecule has 200 valence electrons.